The van der Waals surface area contributed by atoms with E-state index in [0.717, 1.165) is 50.2 Å². The van der Waals surface area contributed by atoms with Gasteiger partial charge in [-0.05, 0) is 84.7 Å². The van der Waals surface area contributed by atoms with Crippen molar-refractivity contribution in [1.29, 1.82) is 0 Å². The average Bonchev–Trinajstić information content (AvgIpc) is 3.03. The fourth-order valence-electron chi connectivity index (χ4n) is 5.69. The van der Waals surface area contributed by atoms with Crippen LogP contribution in [0.4, 0.5) is 43.9 Å². The monoisotopic (exact) mass is 706 g/mol. The number of unbranched alkanes of at least 4 members (excludes halogenated alkanes) is 2. The molecule has 1 saturated heterocycles. The van der Waals surface area contributed by atoms with Crippen molar-refractivity contribution in [1.82, 2.24) is 0 Å². The molecule has 262 valence electrons. The molecule has 1 aliphatic rings. The van der Waals surface area contributed by atoms with Crippen molar-refractivity contribution in [3.05, 3.63) is 112 Å². The standard InChI is InChI=1S/C38H28F10O2/c1-2-3-4-5-22-7-13-34(49-21-22)25-10-9-24(30(39)19-25)8-6-23-16-32(41)35(33(42)17-23)38(47,48)50-27-11-12-28-26(18-27)20-31(40)29(36(28)43)14-15-37(44,45)46/h9-12,16-20,22,34H,2-5,7,13,21H2,1H3. The Bertz CT molecular complexity index is 1980. The smallest absolute Gasteiger partial charge is 0.429 e. The quantitative estimate of drug-likeness (QED) is 0.103. The fraction of sp³-hybridized carbons (Fsp3) is 0.316. The second kappa shape index (κ2) is 15.1. The maximum atomic E-state index is 15.0. The molecular formula is C38H28F10O2. The number of rotatable bonds is 8. The summed E-state index contributed by atoms with van der Waals surface area (Å²) in [5.74, 6) is -0.573. The summed E-state index contributed by atoms with van der Waals surface area (Å²) in [6, 6.07) is 8.15. The van der Waals surface area contributed by atoms with Crippen LogP contribution in [0.5, 0.6) is 5.75 Å². The molecule has 50 heavy (non-hydrogen) atoms. The van der Waals surface area contributed by atoms with E-state index in [0.29, 0.717) is 42.4 Å². The summed E-state index contributed by atoms with van der Waals surface area (Å²) < 4.78 is 151. The molecule has 12 heteroatoms. The first-order valence-corrected chi connectivity index (χ1v) is 15.7. The molecule has 0 aromatic heterocycles. The lowest BCUT2D eigenvalue weighted by atomic mass is 9.90. The molecule has 4 aromatic rings. The predicted molar refractivity (Wildman–Crippen MR) is 166 cm³/mol. The van der Waals surface area contributed by atoms with E-state index >= 15 is 8.78 Å². The van der Waals surface area contributed by atoms with Crippen LogP contribution in [0.3, 0.4) is 0 Å². The minimum atomic E-state index is -5.03. The minimum Gasteiger partial charge on any atom is -0.429 e. The summed E-state index contributed by atoms with van der Waals surface area (Å²) in [7, 11) is 0. The third kappa shape index (κ3) is 8.72. The third-order valence-corrected chi connectivity index (χ3v) is 8.20. The molecule has 2 nitrogen and oxygen atoms in total. The summed E-state index contributed by atoms with van der Waals surface area (Å²) in [5, 5.41) is -0.885. The molecule has 0 bridgehead atoms. The normalized spacial score (nSPS) is 16.4. The van der Waals surface area contributed by atoms with Crippen molar-refractivity contribution in [2.75, 3.05) is 6.61 Å². The molecule has 2 unspecified atom stereocenters. The lowest BCUT2D eigenvalue weighted by molar-refractivity contribution is -0.189. The van der Waals surface area contributed by atoms with Gasteiger partial charge in [0.25, 0.3) is 0 Å². The molecule has 0 radical (unpaired) electrons. The van der Waals surface area contributed by atoms with E-state index in [9.17, 15) is 35.1 Å². The SMILES string of the molecule is CCCCCC1CCC(c2ccc(C#Cc3cc(F)c(C(F)(F)Oc4ccc5c(F)c(C#CC(F)(F)F)c(F)cc5c4)c(F)c3)c(F)c2)OC1. The van der Waals surface area contributed by atoms with Gasteiger partial charge in [-0.15, -0.1) is 0 Å². The van der Waals surface area contributed by atoms with Crippen molar-refractivity contribution in [2.45, 2.75) is 63.8 Å². The minimum absolute atomic E-state index is 0.0933. The molecule has 0 N–H and O–H groups in total. The third-order valence-electron chi connectivity index (χ3n) is 8.20. The van der Waals surface area contributed by atoms with E-state index in [4.69, 9.17) is 4.74 Å². The van der Waals surface area contributed by atoms with Crippen LogP contribution in [0.2, 0.25) is 0 Å². The number of hydrogen-bond donors (Lipinski definition) is 0. The Balaban J connectivity index is 1.30. The number of ether oxygens (including phenoxy) is 2. The zero-order valence-electron chi connectivity index (χ0n) is 26.4. The lowest BCUT2D eigenvalue weighted by Crippen LogP contribution is -2.25. The van der Waals surface area contributed by atoms with Crippen molar-refractivity contribution in [3.63, 3.8) is 0 Å². The van der Waals surface area contributed by atoms with Crippen molar-refractivity contribution in [3.8, 4) is 29.4 Å². The number of fused-ring (bicyclic) bond motifs is 1. The van der Waals surface area contributed by atoms with Gasteiger partial charge in [-0.25, -0.2) is 22.0 Å². The topological polar surface area (TPSA) is 18.5 Å². The highest BCUT2D eigenvalue weighted by Crippen LogP contribution is 2.37. The van der Waals surface area contributed by atoms with Crippen LogP contribution < -0.4 is 4.74 Å². The fourth-order valence-corrected chi connectivity index (χ4v) is 5.69. The summed E-state index contributed by atoms with van der Waals surface area (Å²) in [6.45, 7) is 2.73. The lowest BCUT2D eigenvalue weighted by Gasteiger charge is -2.29. The van der Waals surface area contributed by atoms with E-state index in [1.54, 1.807) is 6.07 Å². The number of benzene rings is 4. The Hall–Kier alpha value is -4.68. The molecule has 0 saturated carbocycles. The van der Waals surface area contributed by atoms with Crippen LogP contribution in [0.25, 0.3) is 10.8 Å². The Morgan fingerprint density at radius 2 is 1.52 bits per heavy atom. The molecule has 0 spiro atoms. The van der Waals surface area contributed by atoms with Crippen molar-refractivity contribution in [2.24, 2.45) is 5.92 Å². The summed E-state index contributed by atoms with van der Waals surface area (Å²) in [5.41, 5.74) is -2.83. The van der Waals surface area contributed by atoms with Crippen LogP contribution in [0, 0.1) is 58.7 Å². The van der Waals surface area contributed by atoms with Crippen molar-refractivity contribution >= 4 is 10.8 Å². The Labute approximate surface area is 281 Å². The molecule has 2 atom stereocenters. The molecule has 5 rings (SSSR count). The highest BCUT2D eigenvalue weighted by molar-refractivity contribution is 5.86. The number of alkyl halides is 5. The number of hydrogen-bond acceptors (Lipinski definition) is 2. The van der Waals surface area contributed by atoms with Gasteiger partial charge in [0.2, 0.25) is 0 Å². The van der Waals surface area contributed by atoms with Gasteiger partial charge in [-0.1, -0.05) is 50.0 Å². The van der Waals surface area contributed by atoms with Crippen LogP contribution in [-0.4, -0.2) is 12.8 Å². The van der Waals surface area contributed by atoms with E-state index < -0.39 is 69.0 Å². The second-order valence-corrected chi connectivity index (χ2v) is 11.9. The van der Waals surface area contributed by atoms with Crippen LogP contribution >= 0.6 is 0 Å². The van der Waals surface area contributed by atoms with Gasteiger partial charge in [-0.2, -0.15) is 22.0 Å². The Morgan fingerprint density at radius 1 is 0.780 bits per heavy atom. The van der Waals surface area contributed by atoms with Crippen LogP contribution in [0.15, 0.2) is 54.6 Å². The van der Waals surface area contributed by atoms with Gasteiger partial charge in [0.05, 0.1) is 23.8 Å². The first-order valence-electron chi connectivity index (χ1n) is 15.7. The predicted octanol–water partition coefficient (Wildman–Crippen LogP) is 11.0. The van der Waals surface area contributed by atoms with Gasteiger partial charge < -0.3 is 9.47 Å². The Morgan fingerprint density at radius 3 is 2.16 bits per heavy atom. The Kier molecular flexibility index (Phi) is 11.0. The maximum Gasteiger partial charge on any atom is 0.458 e. The first-order chi connectivity index (χ1) is 23.6. The number of halogens is 10. The van der Waals surface area contributed by atoms with Gasteiger partial charge in [-0.3, -0.25) is 0 Å². The van der Waals surface area contributed by atoms with Gasteiger partial charge in [0, 0.05) is 16.9 Å². The van der Waals surface area contributed by atoms with Gasteiger partial charge in [0.1, 0.15) is 40.4 Å². The van der Waals surface area contributed by atoms with Crippen molar-refractivity contribution < 1.29 is 53.4 Å². The molecule has 4 aromatic carbocycles. The molecule has 1 fully saturated rings. The average molecular weight is 707 g/mol. The van der Waals surface area contributed by atoms with E-state index in [-0.39, 0.29) is 17.2 Å². The van der Waals surface area contributed by atoms with Gasteiger partial charge in [0.15, 0.2) is 0 Å². The first kappa shape index (κ1) is 36.6. The summed E-state index contributed by atoms with van der Waals surface area (Å²) >= 11 is 0. The molecule has 0 amide bonds. The zero-order valence-corrected chi connectivity index (χ0v) is 26.4. The molecular weight excluding hydrogens is 678 g/mol. The van der Waals surface area contributed by atoms with Gasteiger partial charge >= 0.3 is 12.3 Å². The molecule has 1 heterocycles. The highest BCUT2D eigenvalue weighted by Gasteiger charge is 2.41. The summed E-state index contributed by atoms with van der Waals surface area (Å²) in [4.78, 5) is 0. The molecule has 0 aliphatic carbocycles. The second-order valence-electron chi connectivity index (χ2n) is 11.9. The van der Waals surface area contributed by atoms with E-state index in [2.05, 4.69) is 23.5 Å². The molecule has 1 aliphatic heterocycles. The zero-order chi connectivity index (χ0) is 36.2. The summed E-state index contributed by atoms with van der Waals surface area (Å²) in [6.07, 6.45) is -3.72. The largest absolute Gasteiger partial charge is 0.458 e. The highest BCUT2D eigenvalue weighted by atomic mass is 19.4. The van der Waals surface area contributed by atoms with E-state index in [1.807, 2.05) is 0 Å². The van der Waals surface area contributed by atoms with E-state index in [1.165, 1.54) is 24.5 Å². The maximum absolute atomic E-state index is 15.0. The van der Waals surface area contributed by atoms with Crippen LogP contribution in [0.1, 0.15) is 79.4 Å². The van der Waals surface area contributed by atoms with Crippen LogP contribution in [-0.2, 0) is 10.8 Å².